The topological polar surface area (TPSA) is 85.4 Å². The second kappa shape index (κ2) is 6.38. The zero-order valence-corrected chi connectivity index (χ0v) is 10.8. The molecular formula is C13H19N3O3. The van der Waals surface area contributed by atoms with Gasteiger partial charge in [-0.3, -0.25) is 4.79 Å². The van der Waals surface area contributed by atoms with Crippen LogP contribution in [0.3, 0.4) is 0 Å². The first-order valence-corrected chi connectivity index (χ1v) is 6.59. The first-order valence-electron chi connectivity index (χ1n) is 6.59. The number of likely N-dealkylation sites (tertiary alicyclic amines) is 1. The Morgan fingerprint density at radius 1 is 1.37 bits per heavy atom. The van der Waals surface area contributed by atoms with E-state index in [1.807, 2.05) is 0 Å². The molecule has 2 rings (SSSR count). The molecule has 0 aromatic carbocycles. The van der Waals surface area contributed by atoms with Crippen molar-refractivity contribution in [2.45, 2.75) is 19.3 Å². The molecule has 1 fully saturated rings. The summed E-state index contributed by atoms with van der Waals surface area (Å²) in [6.07, 6.45) is 5.20. The van der Waals surface area contributed by atoms with E-state index in [1.54, 1.807) is 6.07 Å². The Morgan fingerprint density at radius 3 is 2.79 bits per heavy atom. The second-order valence-corrected chi connectivity index (χ2v) is 4.73. The molecule has 0 amide bonds. The third-order valence-electron chi connectivity index (χ3n) is 3.37. The van der Waals surface area contributed by atoms with Crippen molar-refractivity contribution >= 4 is 11.7 Å². The molecule has 1 aliphatic heterocycles. The van der Waals surface area contributed by atoms with E-state index in [0.29, 0.717) is 12.2 Å². The highest BCUT2D eigenvalue weighted by molar-refractivity contribution is 5.93. The number of carbonyl (C=O) groups is 1. The Labute approximate surface area is 111 Å². The van der Waals surface area contributed by atoms with Gasteiger partial charge in [-0.25, -0.2) is 4.79 Å². The molecule has 3 N–H and O–H groups in total. The highest BCUT2D eigenvalue weighted by atomic mass is 16.4. The molecule has 104 valence electrons. The fraction of sp³-hybridized carbons (Fsp3) is 0.538. The molecule has 0 saturated carbocycles. The van der Waals surface area contributed by atoms with Crippen LogP contribution in [-0.4, -0.2) is 47.1 Å². The van der Waals surface area contributed by atoms with Gasteiger partial charge >= 0.3 is 5.97 Å². The van der Waals surface area contributed by atoms with Crippen molar-refractivity contribution in [1.82, 2.24) is 9.88 Å². The summed E-state index contributed by atoms with van der Waals surface area (Å²) in [5.41, 5.74) is -0.412. The number of pyridine rings is 1. The van der Waals surface area contributed by atoms with Gasteiger partial charge in [-0.2, -0.15) is 0 Å². The van der Waals surface area contributed by atoms with Gasteiger partial charge in [-0.05, 0) is 32.0 Å². The molecule has 0 radical (unpaired) electrons. The fourth-order valence-electron chi connectivity index (χ4n) is 2.37. The van der Waals surface area contributed by atoms with E-state index >= 15 is 0 Å². The number of nitrogens with one attached hydrogen (secondary N) is 2. The van der Waals surface area contributed by atoms with Crippen LogP contribution < -0.4 is 10.9 Å². The highest BCUT2D eigenvalue weighted by Gasteiger charge is 2.15. The van der Waals surface area contributed by atoms with E-state index in [1.165, 1.54) is 25.5 Å². The van der Waals surface area contributed by atoms with Crippen molar-refractivity contribution in [2.24, 2.45) is 0 Å². The van der Waals surface area contributed by atoms with Gasteiger partial charge in [0.2, 0.25) is 0 Å². The first kappa shape index (κ1) is 13.6. The van der Waals surface area contributed by atoms with Crippen LogP contribution in [-0.2, 0) is 0 Å². The number of hydrogen-bond donors (Lipinski definition) is 3. The lowest BCUT2D eigenvalue weighted by molar-refractivity contribution is 0.0696. The van der Waals surface area contributed by atoms with Crippen LogP contribution in [0.2, 0.25) is 0 Å². The van der Waals surface area contributed by atoms with Crippen LogP contribution >= 0.6 is 0 Å². The van der Waals surface area contributed by atoms with Crippen molar-refractivity contribution in [2.75, 3.05) is 31.5 Å². The van der Waals surface area contributed by atoms with Gasteiger partial charge in [-0.1, -0.05) is 6.42 Å². The molecule has 0 spiro atoms. The van der Waals surface area contributed by atoms with Gasteiger partial charge in [0.05, 0.1) is 5.69 Å². The lowest BCUT2D eigenvalue weighted by Crippen LogP contribution is -2.34. The Morgan fingerprint density at radius 2 is 2.11 bits per heavy atom. The largest absolute Gasteiger partial charge is 0.477 e. The zero-order valence-electron chi connectivity index (χ0n) is 10.8. The minimum Gasteiger partial charge on any atom is -0.477 e. The van der Waals surface area contributed by atoms with Crippen LogP contribution in [0.15, 0.2) is 17.1 Å². The lowest BCUT2D eigenvalue weighted by atomic mass is 10.1. The maximum absolute atomic E-state index is 11.5. The third-order valence-corrected chi connectivity index (χ3v) is 3.37. The van der Waals surface area contributed by atoms with E-state index in [9.17, 15) is 9.59 Å². The Balaban J connectivity index is 1.94. The van der Waals surface area contributed by atoms with E-state index in [-0.39, 0.29) is 5.56 Å². The number of anilines is 1. The van der Waals surface area contributed by atoms with Crippen molar-refractivity contribution < 1.29 is 9.90 Å². The third kappa shape index (κ3) is 3.57. The number of nitrogens with zero attached hydrogens (tertiary/aromatic N) is 1. The van der Waals surface area contributed by atoms with Gasteiger partial charge in [0.1, 0.15) is 5.56 Å². The molecule has 2 heterocycles. The normalized spacial score (nSPS) is 16.2. The minimum absolute atomic E-state index is 0.221. The predicted octanol–water partition coefficient (Wildman–Crippen LogP) is 0.971. The smallest absolute Gasteiger partial charge is 0.343 e. The van der Waals surface area contributed by atoms with E-state index in [4.69, 9.17) is 5.11 Å². The van der Waals surface area contributed by atoms with Gasteiger partial charge in [-0.15, -0.1) is 0 Å². The molecule has 19 heavy (non-hydrogen) atoms. The molecule has 1 aromatic heterocycles. The van der Waals surface area contributed by atoms with Crippen LogP contribution in [0.25, 0.3) is 0 Å². The lowest BCUT2D eigenvalue weighted by Gasteiger charge is -2.26. The number of carboxylic acid groups (broad SMARTS) is 1. The Hall–Kier alpha value is -1.82. The number of aromatic nitrogens is 1. The summed E-state index contributed by atoms with van der Waals surface area (Å²) in [5, 5.41) is 12.1. The number of piperidine rings is 1. The van der Waals surface area contributed by atoms with Crippen molar-refractivity contribution in [3.8, 4) is 0 Å². The van der Waals surface area contributed by atoms with Crippen LogP contribution in [0.1, 0.15) is 29.6 Å². The highest BCUT2D eigenvalue weighted by Crippen LogP contribution is 2.11. The maximum atomic E-state index is 11.5. The number of H-pyrrole nitrogens is 1. The molecule has 0 atom stereocenters. The molecule has 0 unspecified atom stereocenters. The monoisotopic (exact) mass is 265 g/mol. The summed E-state index contributed by atoms with van der Waals surface area (Å²) in [5.74, 6) is -1.21. The molecule has 1 saturated heterocycles. The number of hydrogen-bond acceptors (Lipinski definition) is 4. The van der Waals surface area contributed by atoms with Crippen molar-refractivity contribution in [3.05, 3.63) is 28.2 Å². The minimum atomic E-state index is -1.21. The Bertz CT molecular complexity index is 492. The summed E-state index contributed by atoms with van der Waals surface area (Å²) in [6.45, 7) is 3.71. The SMILES string of the molecule is O=C(O)c1c(NCCN2CCCCC2)cc[nH]c1=O. The van der Waals surface area contributed by atoms with Gasteiger partial charge < -0.3 is 20.3 Å². The number of carboxylic acids is 1. The Kier molecular flexibility index (Phi) is 4.57. The number of aromatic carboxylic acids is 1. The van der Waals surface area contributed by atoms with E-state index in [2.05, 4.69) is 15.2 Å². The first-order chi connectivity index (χ1) is 9.18. The molecule has 1 aromatic rings. The second-order valence-electron chi connectivity index (χ2n) is 4.73. The average Bonchev–Trinajstić information content (AvgIpc) is 2.39. The van der Waals surface area contributed by atoms with Crippen LogP contribution in [0.5, 0.6) is 0 Å². The van der Waals surface area contributed by atoms with Crippen molar-refractivity contribution in [3.63, 3.8) is 0 Å². The molecule has 6 nitrogen and oxygen atoms in total. The molecule has 1 aliphatic rings. The standard InChI is InChI=1S/C13H19N3O3/c17-12-11(13(18)19)10(4-5-15-12)14-6-9-16-7-2-1-3-8-16/h4-5H,1-3,6-9H2,(H,18,19)(H2,14,15,17). The molecule has 6 heteroatoms. The van der Waals surface area contributed by atoms with Crippen LogP contribution in [0.4, 0.5) is 5.69 Å². The fourth-order valence-corrected chi connectivity index (χ4v) is 2.37. The summed E-state index contributed by atoms with van der Waals surface area (Å²) >= 11 is 0. The summed E-state index contributed by atoms with van der Waals surface area (Å²) < 4.78 is 0. The molecule has 0 aliphatic carbocycles. The number of aromatic amines is 1. The predicted molar refractivity (Wildman–Crippen MR) is 72.8 cm³/mol. The molecular weight excluding hydrogens is 246 g/mol. The summed E-state index contributed by atoms with van der Waals surface area (Å²) in [4.78, 5) is 27.2. The zero-order chi connectivity index (χ0) is 13.7. The van der Waals surface area contributed by atoms with Gasteiger partial charge in [0.15, 0.2) is 0 Å². The summed E-state index contributed by atoms with van der Waals surface area (Å²) in [6, 6.07) is 1.58. The molecule has 0 bridgehead atoms. The van der Waals surface area contributed by atoms with Gasteiger partial charge in [0.25, 0.3) is 5.56 Å². The van der Waals surface area contributed by atoms with E-state index in [0.717, 1.165) is 19.6 Å². The number of rotatable bonds is 5. The van der Waals surface area contributed by atoms with Crippen LogP contribution in [0, 0.1) is 0 Å². The van der Waals surface area contributed by atoms with Gasteiger partial charge in [0, 0.05) is 19.3 Å². The maximum Gasteiger partial charge on any atom is 0.343 e. The quantitative estimate of drug-likeness (QED) is 0.738. The summed E-state index contributed by atoms with van der Waals surface area (Å²) in [7, 11) is 0. The van der Waals surface area contributed by atoms with E-state index < -0.39 is 11.5 Å². The average molecular weight is 265 g/mol. The van der Waals surface area contributed by atoms with Crippen molar-refractivity contribution in [1.29, 1.82) is 0 Å².